The number of aliphatic hydroxyl groups excluding tert-OH is 1. The van der Waals surface area contributed by atoms with E-state index < -0.39 is 24.7 Å². The zero-order valence-corrected chi connectivity index (χ0v) is 29.9. The summed E-state index contributed by atoms with van der Waals surface area (Å²) in [6.45, 7) is 9.66. The fourth-order valence-corrected chi connectivity index (χ4v) is 4.85. The lowest BCUT2D eigenvalue weighted by Crippen LogP contribution is -2.46. The Hall–Kier alpha value is -3.79. The van der Waals surface area contributed by atoms with Crippen LogP contribution in [-0.4, -0.2) is 75.1 Å². The van der Waals surface area contributed by atoms with Gasteiger partial charge in [0.15, 0.2) is 0 Å². The van der Waals surface area contributed by atoms with Crippen molar-refractivity contribution in [2.24, 2.45) is 5.92 Å². The van der Waals surface area contributed by atoms with Gasteiger partial charge >= 0.3 is 5.97 Å². The summed E-state index contributed by atoms with van der Waals surface area (Å²) in [5.74, 6) is -0.864. The third kappa shape index (κ3) is 18.5. The maximum absolute atomic E-state index is 13.0. The molecule has 1 rings (SSSR count). The Labute approximate surface area is 288 Å². The SMILES string of the molecule is CO[C@@H]1/C=C(C)/C=C/CCCC(=O)O[C@H](/C(C)=C/C=C(\C)CNC(=O)[C@H](CO)NC=O)[C@@H](C)/C=C/C=C/[C@@H](OC)CC/C=C(C)\C=C\C1. The fourth-order valence-electron chi connectivity index (χ4n) is 4.85. The summed E-state index contributed by atoms with van der Waals surface area (Å²) < 4.78 is 17.3. The van der Waals surface area contributed by atoms with Crippen molar-refractivity contribution in [2.45, 2.75) is 97.5 Å². The van der Waals surface area contributed by atoms with Crippen molar-refractivity contribution in [1.29, 1.82) is 0 Å². The topological polar surface area (TPSA) is 123 Å². The monoisotopic (exact) mass is 666 g/mol. The zero-order chi connectivity index (χ0) is 35.7. The van der Waals surface area contributed by atoms with Crippen molar-refractivity contribution in [3.63, 3.8) is 0 Å². The van der Waals surface area contributed by atoms with Crippen LogP contribution in [-0.2, 0) is 28.6 Å². The lowest BCUT2D eigenvalue weighted by atomic mass is 9.96. The minimum atomic E-state index is -1.00. The summed E-state index contributed by atoms with van der Waals surface area (Å²) in [7, 11) is 3.43. The molecule has 1 heterocycles. The third-order valence-electron chi connectivity index (χ3n) is 7.83. The van der Waals surface area contributed by atoms with Gasteiger partial charge in [0.2, 0.25) is 12.3 Å². The van der Waals surface area contributed by atoms with E-state index >= 15 is 0 Å². The van der Waals surface area contributed by atoms with Crippen LogP contribution in [0.15, 0.2) is 95.2 Å². The summed E-state index contributed by atoms with van der Waals surface area (Å²) in [6, 6.07) is -1.00. The largest absolute Gasteiger partial charge is 0.457 e. The Morgan fingerprint density at radius 3 is 2.44 bits per heavy atom. The minimum Gasteiger partial charge on any atom is -0.457 e. The Kier molecular flexibility index (Phi) is 22.2. The molecule has 48 heavy (non-hydrogen) atoms. The van der Waals surface area contributed by atoms with Crippen LogP contribution in [0.3, 0.4) is 0 Å². The van der Waals surface area contributed by atoms with Crippen molar-refractivity contribution in [1.82, 2.24) is 10.6 Å². The number of amides is 2. The highest BCUT2D eigenvalue weighted by molar-refractivity contribution is 5.83. The van der Waals surface area contributed by atoms with Gasteiger partial charge < -0.3 is 30.0 Å². The van der Waals surface area contributed by atoms with Crippen molar-refractivity contribution in [3.8, 4) is 0 Å². The summed E-state index contributed by atoms with van der Waals surface area (Å²) in [6.07, 6.45) is 28.5. The van der Waals surface area contributed by atoms with Crippen LogP contribution in [0.5, 0.6) is 0 Å². The summed E-state index contributed by atoms with van der Waals surface area (Å²) in [5.41, 5.74) is 4.00. The Balaban J connectivity index is 3.19. The van der Waals surface area contributed by atoms with Crippen molar-refractivity contribution in [2.75, 3.05) is 27.4 Å². The highest BCUT2D eigenvalue weighted by Crippen LogP contribution is 2.20. The van der Waals surface area contributed by atoms with Crippen LogP contribution in [0.2, 0.25) is 0 Å². The van der Waals surface area contributed by atoms with Crippen molar-refractivity contribution < 1.29 is 33.7 Å². The highest BCUT2D eigenvalue weighted by atomic mass is 16.5. The standard InChI is InChI=1S/C39H58N2O7/c1-29-16-13-20-34(46-6)19-12-11-18-32(4)38(33(5)24-23-31(3)26-40-39(45)36(27-42)41-28-43)48-37(44)22-10-8-9-15-30(2)25-35(47-7)21-14-17-29/h9,11-12,14-19,23-25,28,32,34-36,38,42H,8,10,13,20-22,26-27H2,1-7H3,(H,40,45)(H,41,43)/b15-9+,17-14+,18-11+,19-12+,29-16-,30-25+,31-23+,33-24+/t32-,34+,35-,36-,38-/m0/s1. The molecule has 0 bridgehead atoms. The molecule has 0 unspecified atom stereocenters. The number of hydrogen-bond acceptors (Lipinski definition) is 7. The molecule has 1 aliphatic rings. The average molecular weight is 667 g/mol. The Bertz CT molecular complexity index is 1240. The molecule has 0 aliphatic carbocycles. The maximum Gasteiger partial charge on any atom is 0.306 e. The van der Waals surface area contributed by atoms with Crippen LogP contribution in [0, 0.1) is 5.92 Å². The van der Waals surface area contributed by atoms with E-state index in [-0.39, 0.29) is 30.6 Å². The quantitative estimate of drug-likeness (QED) is 0.145. The Morgan fingerprint density at radius 1 is 1.04 bits per heavy atom. The van der Waals surface area contributed by atoms with Gasteiger partial charge in [-0.25, -0.2) is 0 Å². The summed E-state index contributed by atoms with van der Waals surface area (Å²) >= 11 is 0. The Morgan fingerprint density at radius 2 is 1.75 bits per heavy atom. The number of allylic oxidation sites excluding steroid dienone is 10. The first-order valence-corrected chi connectivity index (χ1v) is 16.7. The molecule has 0 radical (unpaired) electrons. The molecule has 0 saturated carbocycles. The molecule has 9 heteroatoms. The molecule has 2 amide bonds. The second kappa shape index (κ2) is 25.3. The van der Waals surface area contributed by atoms with E-state index in [2.05, 4.69) is 54.0 Å². The highest BCUT2D eigenvalue weighted by Gasteiger charge is 2.21. The van der Waals surface area contributed by atoms with Gasteiger partial charge in [0, 0.05) is 33.1 Å². The number of carbonyl (C=O) groups excluding carboxylic acids is 3. The van der Waals surface area contributed by atoms with E-state index in [0.717, 1.165) is 42.4 Å². The number of methoxy groups -OCH3 is 2. The molecule has 266 valence electrons. The lowest BCUT2D eigenvalue weighted by molar-refractivity contribution is -0.148. The molecule has 5 atom stereocenters. The normalized spacial score (nSPS) is 28.5. The van der Waals surface area contributed by atoms with Gasteiger partial charge in [-0.3, -0.25) is 14.4 Å². The maximum atomic E-state index is 13.0. The first-order valence-electron chi connectivity index (χ1n) is 16.7. The van der Waals surface area contributed by atoms with Gasteiger partial charge in [-0.1, -0.05) is 96.6 Å². The summed E-state index contributed by atoms with van der Waals surface area (Å²) in [4.78, 5) is 35.8. The van der Waals surface area contributed by atoms with Crippen molar-refractivity contribution >= 4 is 18.3 Å². The van der Waals surface area contributed by atoms with Crippen LogP contribution in [0.4, 0.5) is 0 Å². The van der Waals surface area contributed by atoms with Gasteiger partial charge in [0.05, 0.1) is 18.8 Å². The molecule has 3 N–H and O–H groups in total. The number of nitrogens with one attached hydrogen (secondary N) is 2. The van der Waals surface area contributed by atoms with E-state index in [4.69, 9.17) is 14.2 Å². The number of esters is 1. The number of hydrogen-bond donors (Lipinski definition) is 3. The van der Waals surface area contributed by atoms with Crippen LogP contribution in [0.25, 0.3) is 0 Å². The predicted molar refractivity (Wildman–Crippen MR) is 193 cm³/mol. The summed E-state index contributed by atoms with van der Waals surface area (Å²) in [5, 5.41) is 14.3. The van der Waals surface area contributed by atoms with E-state index in [0.29, 0.717) is 19.3 Å². The van der Waals surface area contributed by atoms with E-state index in [1.807, 2.05) is 64.2 Å². The van der Waals surface area contributed by atoms with E-state index in [1.54, 1.807) is 14.2 Å². The average Bonchev–Trinajstić information content (AvgIpc) is 3.07. The lowest BCUT2D eigenvalue weighted by Gasteiger charge is -2.23. The first-order chi connectivity index (χ1) is 23.0. The number of aliphatic hydroxyl groups is 1. The molecule has 0 aromatic heterocycles. The third-order valence-corrected chi connectivity index (χ3v) is 7.83. The van der Waals surface area contributed by atoms with Crippen LogP contribution in [0.1, 0.15) is 73.1 Å². The number of cyclic esters (lactones) is 1. The van der Waals surface area contributed by atoms with Gasteiger partial charge in [-0.2, -0.15) is 0 Å². The molecule has 0 saturated heterocycles. The van der Waals surface area contributed by atoms with Gasteiger partial charge in [0.25, 0.3) is 0 Å². The number of ether oxygens (including phenoxy) is 3. The molecule has 0 aromatic rings. The second-order valence-corrected chi connectivity index (χ2v) is 12.1. The van der Waals surface area contributed by atoms with Crippen molar-refractivity contribution in [3.05, 3.63) is 95.2 Å². The molecule has 0 aromatic carbocycles. The van der Waals surface area contributed by atoms with Gasteiger partial charge in [-0.05, 0) is 65.4 Å². The van der Waals surface area contributed by atoms with E-state index in [9.17, 15) is 19.5 Å². The predicted octanol–water partition coefficient (Wildman–Crippen LogP) is 6.15. The second-order valence-electron chi connectivity index (χ2n) is 12.1. The number of rotatable bonds is 10. The molecule has 9 nitrogen and oxygen atoms in total. The smallest absolute Gasteiger partial charge is 0.306 e. The molecule has 0 spiro atoms. The van der Waals surface area contributed by atoms with E-state index in [1.165, 1.54) is 5.57 Å². The van der Waals surface area contributed by atoms with Crippen LogP contribution < -0.4 is 10.6 Å². The fraction of sp³-hybridized carbons (Fsp3) is 0.513. The first kappa shape index (κ1) is 42.2. The molecule has 0 fully saturated rings. The minimum absolute atomic E-state index is 0.0211. The van der Waals surface area contributed by atoms with Crippen LogP contribution >= 0.6 is 0 Å². The number of carbonyl (C=O) groups is 3. The molecular weight excluding hydrogens is 608 g/mol. The molecular formula is C39H58N2O7. The van der Waals surface area contributed by atoms with Gasteiger partial charge in [0.1, 0.15) is 12.1 Å². The van der Waals surface area contributed by atoms with Gasteiger partial charge in [-0.15, -0.1) is 0 Å². The molecule has 1 aliphatic heterocycles. The zero-order valence-electron chi connectivity index (χ0n) is 29.9.